The fourth-order valence-electron chi connectivity index (χ4n) is 1.77. The van der Waals surface area contributed by atoms with Crippen LogP contribution in [0.25, 0.3) is 6.08 Å². The summed E-state index contributed by atoms with van der Waals surface area (Å²) in [5, 5.41) is 3.92. The quantitative estimate of drug-likeness (QED) is 0.640. The van der Waals surface area contributed by atoms with Crippen molar-refractivity contribution in [2.24, 2.45) is 0 Å². The van der Waals surface area contributed by atoms with Crippen LogP contribution in [0.3, 0.4) is 0 Å². The molecule has 0 unspecified atom stereocenters. The second kappa shape index (κ2) is 5.79. The van der Waals surface area contributed by atoms with Crippen molar-refractivity contribution in [3.05, 3.63) is 52.2 Å². The molecule has 5 heteroatoms. The van der Waals surface area contributed by atoms with Crippen LogP contribution in [0.4, 0.5) is 0 Å². The molecule has 0 aliphatic carbocycles. The maximum atomic E-state index is 11.6. The second-order valence-corrected chi connectivity index (χ2v) is 4.97. The van der Waals surface area contributed by atoms with Crippen molar-refractivity contribution < 1.29 is 19.0 Å². The van der Waals surface area contributed by atoms with Crippen LogP contribution in [-0.2, 0) is 16.1 Å². The van der Waals surface area contributed by atoms with Gasteiger partial charge in [-0.15, -0.1) is 0 Å². The summed E-state index contributed by atoms with van der Waals surface area (Å²) in [5.41, 5.74) is 1.86. The Morgan fingerprint density at radius 3 is 3.05 bits per heavy atom. The van der Waals surface area contributed by atoms with Gasteiger partial charge >= 0.3 is 5.97 Å². The summed E-state index contributed by atoms with van der Waals surface area (Å²) < 4.78 is 15.7. The van der Waals surface area contributed by atoms with Crippen LogP contribution in [0.1, 0.15) is 11.1 Å². The van der Waals surface area contributed by atoms with E-state index in [2.05, 4.69) is 0 Å². The minimum Gasteiger partial charge on any atom is -0.458 e. The molecule has 1 aliphatic heterocycles. The molecule has 0 bridgehead atoms. The highest BCUT2D eigenvalue weighted by Gasteiger charge is 2.13. The van der Waals surface area contributed by atoms with Gasteiger partial charge in [0.25, 0.3) is 0 Å². The maximum Gasteiger partial charge on any atom is 0.331 e. The van der Waals surface area contributed by atoms with Gasteiger partial charge in [0.2, 0.25) is 6.79 Å². The van der Waals surface area contributed by atoms with E-state index in [4.69, 9.17) is 14.2 Å². The maximum absolute atomic E-state index is 11.6. The lowest BCUT2D eigenvalue weighted by molar-refractivity contribution is -0.138. The van der Waals surface area contributed by atoms with Crippen LogP contribution in [-0.4, -0.2) is 12.8 Å². The van der Waals surface area contributed by atoms with Crippen molar-refractivity contribution in [3.8, 4) is 11.5 Å². The monoisotopic (exact) mass is 288 g/mol. The molecule has 0 amide bonds. The first kappa shape index (κ1) is 12.7. The third-order valence-corrected chi connectivity index (χ3v) is 3.47. The van der Waals surface area contributed by atoms with Gasteiger partial charge in [0.1, 0.15) is 6.61 Å². The minimum absolute atomic E-state index is 0.212. The first-order valence-corrected chi connectivity index (χ1v) is 7.01. The van der Waals surface area contributed by atoms with Gasteiger partial charge < -0.3 is 14.2 Å². The van der Waals surface area contributed by atoms with Gasteiger partial charge in [0.05, 0.1) is 0 Å². The number of hydrogen-bond acceptors (Lipinski definition) is 5. The Morgan fingerprint density at radius 2 is 2.20 bits per heavy atom. The predicted octanol–water partition coefficient (Wildman–Crippen LogP) is 3.23. The van der Waals surface area contributed by atoms with Gasteiger partial charge in [-0.05, 0) is 46.2 Å². The fourth-order valence-corrected chi connectivity index (χ4v) is 2.40. The van der Waals surface area contributed by atoms with Crippen molar-refractivity contribution in [1.82, 2.24) is 0 Å². The van der Waals surface area contributed by atoms with Gasteiger partial charge in [-0.2, -0.15) is 11.3 Å². The summed E-state index contributed by atoms with van der Waals surface area (Å²) in [7, 11) is 0. The van der Waals surface area contributed by atoms with Gasteiger partial charge in [0, 0.05) is 6.08 Å². The van der Waals surface area contributed by atoms with E-state index in [1.165, 1.54) is 6.08 Å². The van der Waals surface area contributed by atoms with Gasteiger partial charge in [-0.1, -0.05) is 6.07 Å². The SMILES string of the molecule is O=C(/C=C/c1ccsc1)OCc1ccc2c(c1)OCO2. The lowest BCUT2D eigenvalue weighted by Crippen LogP contribution is -2.00. The summed E-state index contributed by atoms with van der Waals surface area (Å²) in [6.45, 7) is 0.450. The van der Waals surface area contributed by atoms with Crippen LogP contribution in [0, 0.1) is 0 Å². The summed E-state index contributed by atoms with van der Waals surface area (Å²) in [4.78, 5) is 11.6. The molecule has 0 spiro atoms. The van der Waals surface area contributed by atoms with Gasteiger partial charge in [-0.3, -0.25) is 0 Å². The van der Waals surface area contributed by atoms with Crippen LogP contribution in [0.5, 0.6) is 11.5 Å². The highest BCUT2D eigenvalue weighted by atomic mass is 32.1. The molecule has 0 fully saturated rings. The highest BCUT2D eigenvalue weighted by molar-refractivity contribution is 7.08. The molecular formula is C15H12O4S. The van der Waals surface area contributed by atoms with Crippen LogP contribution in [0.15, 0.2) is 41.1 Å². The fraction of sp³-hybridized carbons (Fsp3) is 0.133. The smallest absolute Gasteiger partial charge is 0.331 e. The van der Waals surface area contributed by atoms with E-state index in [0.717, 1.165) is 16.9 Å². The minimum atomic E-state index is -0.367. The molecule has 1 aromatic carbocycles. The van der Waals surface area contributed by atoms with Crippen molar-refractivity contribution in [1.29, 1.82) is 0 Å². The van der Waals surface area contributed by atoms with Crippen molar-refractivity contribution >= 4 is 23.4 Å². The average molecular weight is 288 g/mol. The molecule has 0 saturated carbocycles. The zero-order chi connectivity index (χ0) is 13.8. The van der Waals surface area contributed by atoms with E-state index in [9.17, 15) is 4.79 Å². The topological polar surface area (TPSA) is 44.8 Å². The Kier molecular flexibility index (Phi) is 3.69. The van der Waals surface area contributed by atoms with Crippen molar-refractivity contribution in [3.63, 3.8) is 0 Å². The summed E-state index contributed by atoms with van der Waals surface area (Å²) in [6, 6.07) is 7.42. The summed E-state index contributed by atoms with van der Waals surface area (Å²) in [5.74, 6) is 1.04. The number of hydrogen-bond donors (Lipinski definition) is 0. The summed E-state index contributed by atoms with van der Waals surface area (Å²) in [6.07, 6.45) is 3.16. The van der Waals surface area contributed by atoms with E-state index >= 15 is 0 Å². The Balaban J connectivity index is 1.55. The van der Waals surface area contributed by atoms with E-state index in [1.54, 1.807) is 17.4 Å². The number of fused-ring (bicyclic) bond motifs is 1. The molecule has 4 nitrogen and oxygen atoms in total. The number of rotatable bonds is 4. The van der Waals surface area contributed by atoms with E-state index in [0.29, 0.717) is 5.75 Å². The van der Waals surface area contributed by atoms with Crippen LogP contribution >= 0.6 is 11.3 Å². The second-order valence-electron chi connectivity index (χ2n) is 4.19. The lowest BCUT2D eigenvalue weighted by atomic mass is 10.2. The zero-order valence-electron chi connectivity index (χ0n) is 10.6. The number of esters is 1. The first-order valence-electron chi connectivity index (χ1n) is 6.07. The first-order chi connectivity index (χ1) is 9.81. The number of ether oxygens (including phenoxy) is 3. The average Bonchev–Trinajstić information content (AvgIpc) is 3.13. The normalized spacial score (nSPS) is 12.8. The molecule has 102 valence electrons. The Bertz CT molecular complexity index is 631. The molecule has 0 atom stereocenters. The molecule has 1 aromatic heterocycles. The Morgan fingerprint density at radius 1 is 1.30 bits per heavy atom. The molecule has 2 aromatic rings. The largest absolute Gasteiger partial charge is 0.458 e. The molecule has 2 heterocycles. The van der Waals surface area contributed by atoms with Crippen molar-refractivity contribution in [2.75, 3.05) is 6.79 Å². The van der Waals surface area contributed by atoms with E-state index < -0.39 is 0 Å². The molecule has 1 aliphatic rings. The lowest BCUT2D eigenvalue weighted by Gasteiger charge is -2.03. The number of carbonyl (C=O) groups excluding carboxylic acids is 1. The van der Waals surface area contributed by atoms with Crippen LogP contribution < -0.4 is 9.47 Å². The number of carbonyl (C=O) groups is 1. The number of thiophene rings is 1. The van der Waals surface area contributed by atoms with Crippen LogP contribution in [0.2, 0.25) is 0 Å². The Hall–Kier alpha value is -2.27. The molecule has 3 rings (SSSR count). The van der Waals surface area contributed by atoms with E-state index in [1.807, 2.05) is 35.0 Å². The summed E-state index contributed by atoms with van der Waals surface area (Å²) >= 11 is 1.58. The standard InChI is InChI=1S/C15H12O4S/c16-15(4-2-11-5-6-20-9-11)17-8-12-1-3-13-14(7-12)19-10-18-13/h1-7,9H,8,10H2/b4-2+. The van der Waals surface area contributed by atoms with Gasteiger partial charge in [-0.25, -0.2) is 4.79 Å². The Labute approximate surface area is 120 Å². The molecule has 20 heavy (non-hydrogen) atoms. The molecule has 0 saturated heterocycles. The number of benzene rings is 1. The van der Waals surface area contributed by atoms with Gasteiger partial charge in [0.15, 0.2) is 11.5 Å². The van der Waals surface area contributed by atoms with E-state index in [-0.39, 0.29) is 19.4 Å². The molecule has 0 radical (unpaired) electrons. The zero-order valence-corrected chi connectivity index (χ0v) is 11.4. The molecule has 0 N–H and O–H groups in total. The van der Waals surface area contributed by atoms with Crippen molar-refractivity contribution in [2.45, 2.75) is 6.61 Å². The highest BCUT2D eigenvalue weighted by Crippen LogP contribution is 2.32. The third kappa shape index (κ3) is 3.00. The molecular weight excluding hydrogens is 276 g/mol. The third-order valence-electron chi connectivity index (χ3n) is 2.77. The predicted molar refractivity (Wildman–Crippen MR) is 75.7 cm³/mol.